The predicted molar refractivity (Wildman–Crippen MR) is 73.6 cm³/mol. The zero-order valence-corrected chi connectivity index (χ0v) is 12.4. The molecule has 0 amide bonds. The molecule has 0 atom stereocenters. The topological polar surface area (TPSA) is 61.8 Å². The Balaban J connectivity index is 2.86. The third-order valence-electron chi connectivity index (χ3n) is 2.83. The average molecular weight is 266 g/mol. The number of rotatable bonds is 2. The maximum absolute atomic E-state index is 12.4. The van der Waals surface area contributed by atoms with Crippen molar-refractivity contribution in [2.24, 2.45) is 14.1 Å². The Morgan fingerprint density at radius 3 is 2.39 bits per heavy atom. The number of imidazole rings is 1. The third-order valence-corrected chi connectivity index (χ3v) is 4.10. The summed E-state index contributed by atoms with van der Waals surface area (Å²) in [6, 6.07) is 0. The van der Waals surface area contributed by atoms with Gasteiger partial charge in [-0.15, -0.1) is 0 Å². The normalized spacial score (nSPS) is 12.3. The van der Waals surface area contributed by atoms with Crippen LogP contribution in [0.5, 0.6) is 0 Å². The van der Waals surface area contributed by atoms with Crippen LogP contribution in [0, 0.1) is 0 Å². The first-order valence-electron chi connectivity index (χ1n) is 5.83. The highest BCUT2D eigenvalue weighted by molar-refractivity contribution is 6.74. The molecule has 2 heterocycles. The van der Waals surface area contributed by atoms with E-state index in [1.165, 1.54) is 9.13 Å². The van der Waals surface area contributed by atoms with E-state index in [4.69, 9.17) is 0 Å². The molecule has 2 rings (SSSR count). The summed E-state index contributed by atoms with van der Waals surface area (Å²) < 4.78 is 4.45. The van der Waals surface area contributed by atoms with Gasteiger partial charge in [-0.2, -0.15) is 0 Å². The Morgan fingerprint density at radius 1 is 1.22 bits per heavy atom. The fourth-order valence-electron chi connectivity index (χ4n) is 2.01. The van der Waals surface area contributed by atoms with Gasteiger partial charge in [0.15, 0.2) is 11.2 Å². The van der Waals surface area contributed by atoms with E-state index in [2.05, 4.69) is 24.6 Å². The van der Waals surface area contributed by atoms with Crippen LogP contribution in [-0.4, -0.2) is 26.8 Å². The number of hydrogen-bond donors (Lipinski definition) is 0. The fourth-order valence-corrected chi connectivity index (χ4v) is 3.24. The molecule has 0 N–H and O–H groups in total. The Labute approximate surface area is 106 Å². The van der Waals surface area contributed by atoms with Gasteiger partial charge >= 0.3 is 5.69 Å². The van der Waals surface area contributed by atoms with Gasteiger partial charge in [0, 0.05) is 20.3 Å². The molecule has 0 unspecified atom stereocenters. The molecule has 2 aromatic rings. The summed E-state index contributed by atoms with van der Waals surface area (Å²) in [6.45, 7) is 6.39. The molecule has 0 saturated heterocycles. The molecular weight excluding hydrogens is 248 g/mol. The van der Waals surface area contributed by atoms with Gasteiger partial charge in [0.05, 0.1) is 14.4 Å². The van der Waals surface area contributed by atoms with Crippen molar-refractivity contribution in [2.75, 3.05) is 0 Å². The Kier molecular flexibility index (Phi) is 2.81. The van der Waals surface area contributed by atoms with Crippen molar-refractivity contribution in [1.29, 1.82) is 0 Å². The lowest BCUT2D eigenvalue weighted by atomic mass is 10.5. The van der Waals surface area contributed by atoms with E-state index in [1.807, 2.05) is 0 Å². The molecule has 0 aromatic carbocycles. The molecule has 0 bridgehead atoms. The number of hydrogen-bond acceptors (Lipinski definition) is 3. The van der Waals surface area contributed by atoms with E-state index in [0.29, 0.717) is 17.3 Å². The molecule has 2 aromatic heterocycles. The molecule has 0 aliphatic rings. The number of aryl methyl sites for hydroxylation is 2. The quantitative estimate of drug-likeness (QED) is 0.735. The van der Waals surface area contributed by atoms with E-state index >= 15 is 0 Å². The smallest absolute Gasteiger partial charge is 0.328 e. The maximum atomic E-state index is 12.4. The molecular formula is C11H18N4O2Si. The van der Waals surface area contributed by atoms with E-state index in [0.717, 1.165) is 0 Å². The van der Waals surface area contributed by atoms with Crippen molar-refractivity contribution < 1.29 is 0 Å². The minimum absolute atomic E-state index is 0.240. The highest BCUT2D eigenvalue weighted by atomic mass is 28.3. The molecule has 7 heteroatoms. The Bertz CT molecular complexity index is 717. The zero-order valence-electron chi connectivity index (χ0n) is 11.4. The fraction of sp³-hybridized carbons (Fsp3) is 0.545. The molecule has 0 aliphatic heterocycles. The Hall–Kier alpha value is -1.63. The second-order valence-electron chi connectivity index (χ2n) is 5.82. The van der Waals surface area contributed by atoms with E-state index in [1.54, 1.807) is 25.0 Å². The van der Waals surface area contributed by atoms with E-state index in [9.17, 15) is 9.59 Å². The summed E-state index contributed by atoms with van der Waals surface area (Å²) in [5.41, 5.74) is 0.402. The second-order valence-corrected chi connectivity index (χ2v) is 11.3. The third kappa shape index (κ3) is 1.94. The minimum atomic E-state index is -1.55. The number of aromatic nitrogens is 4. The standard InChI is InChI=1S/C11H18N4O2Si/c1-13-6-12-9-8(13)10(16)15(7-18(3,4)5)11(17)14(9)2/h6H,7H2,1-5H3. The summed E-state index contributed by atoms with van der Waals surface area (Å²) in [5, 5.41) is 0. The van der Waals surface area contributed by atoms with Crippen LogP contribution in [0.4, 0.5) is 0 Å². The van der Waals surface area contributed by atoms with Gasteiger partial charge in [0.25, 0.3) is 5.56 Å². The Morgan fingerprint density at radius 2 is 1.83 bits per heavy atom. The molecule has 18 heavy (non-hydrogen) atoms. The highest BCUT2D eigenvalue weighted by Gasteiger charge is 2.20. The van der Waals surface area contributed by atoms with Crippen LogP contribution in [-0.2, 0) is 20.3 Å². The van der Waals surface area contributed by atoms with E-state index in [-0.39, 0.29) is 11.2 Å². The van der Waals surface area contributed by atoms with Crippen LogP contribution < -0.4 is 11.2 Å². The van der Waals surface area contributed by atoms with Crippen molar-refractivity contribution in [3.63, 3.8) is 0 Å². The highest BCUT2D eigenvalue weighted by Crippen LogP contribution is 2.05. The summed E-state index contributed by atoms with van der Waals surface area (Å²) in [6.07, 6.45) is 2.09. The average Bonchev–Trinajstić information content (AvgIpc) is 2.62. The van der Waals surface area contributed by atoms with Gasteiger partial charge in [0.2, 0.25) is 0 Å². The summed E-state index contributed by atoms with van der Waals surface area (Å²) in [7, 11) is 1.87. The lowest BCUT2D eigenvalue weighted by Gasteiger charge is -2.17. The van der Waals surface area contributed by atoms with Crippen LogP contribution in [0.15, 0.2) is 15.9 Å². The van der Waals surface area contributed by atoms with Crippen molar-refractivity contribution in [2.45, 2.75) is 25.8 Å². The van der Waals surface area contributed by atoms with Crippen molar-refractivity contribution in [1.82, 2.24) is 18.7 Å². The van der Waals surface area contributed by atoms with Gasteiger partial charge in [-0.1, -0.05) is 19.6 Å². The first-order chi connectivity index (χ1) is 8.22. The van der Waals surface area contributed by atoms with Crippen molar-refractivity contribution >= 4 is 19.2 Å². The maximum Gasteiger partial charge on any atom is 0.332 e. The predicted octanol–water partition coefficient (Wildman–Crippen LogP) is 0.311. The largest absolute Gasteiger partial charge is 0.332 e. The first kappa shape index (κ1) is 12.8. The van der Waals surface area contributed by atoms with Gasteiger partial charge in [0.1, 0.15) is 0 Å². The van der Waals surface area contributed by atoms with Crippen molar-refractivity contribution in [3.05, 3.63) is 27.2 Å². The lowest BCUT2D eigenvalue weighted by Crippen LogP contribution is -2.45. The summed E-state index contributed by atoms with van der Waals surface area (Å²) in [5.74, 6) is 0. The summed E-state index contributed by atoms with van der Waals surface area (Å²) in [4.78, 5) is 28.7. The minimum Gasteiger partial charge on any atom is -0.328 e. The second kappa shape index (κ2) is 3.94. The number of fused-ring (bicyclic) bond motifs is 1. The molecule has 0 radical (unpaired) electrons. The van der Waals surface area contributed by atoms with Gasteiger partial charge in [-0.25, -0.2) is 9.78 Å². The molecule has 98 valence electrons. The zero-order chi connectivity index (χ0) is 13.7. The van der Waals surface area contributed by atoms with Gasteiger partial charge in [-0.3, -0.25) is 13.9 Å². The van der Waals surface area contributed by atoms with Crippen LogP contribution in [0.25, 0.3) is 11.2 Å². The molecule has 0 saturated carbocycles. The molecule has 0 aliphatic carbocycles. The SMILES string of the molecule is Cn1cnc2c1c(=O)n(C[Si](C)(C)C)c(=O)n2C. The van der Waals surface area contributed by atoms with E-state index < -0.39 is 8.07 Å². The lowest BCUT2D eigenvalue weighted by molar-refractivity contribution is 0.680. The summed E-state index contributed by atoms with van der Waals surface area (Å²) >= 11 is 0. The van der Waals surface area contributed by atoms with Crippen molar-refractivity contribution in [3.8, 4) is 0 Å². The van der Waals surface area contributed by atoms with Crippen LogP contribution in [0.1, 0.15) is 0 Å². The molecule has 0 fully saturated rings. The van der Waals surface area contributed by atoms with Crippen LogP contribution in [0.3, 0.4) is 0 Å². The van der Waals surface area contributed by atoms with Gasteiger partial charge < -0.3 is 4.57 Å². The number of nitrogens with zero attached hydrogens (tertiary/aromatic N) is 4. The van der Waals surface area contributed by atoms with Crippen LogP contribution in [0.2, 0.25) is 19.6 Å². The first-order valence-corrected chi connectivity index (χ1v) is 9.54. The van der Waals surface area contributed by atoms with Crippen LogP contribution >= 0.6 is 0 Å². The van der Waals surface area contributed by atoms with Gasteiger partial charge in [-0.05, 0) is 0 Å². The monoisotopic (exact) mass is 266 g/mol. The molecule has 0 spiro atoms. The molecule has 6 nitrogen and oxygen atoms in total.